The summed E-state index contributed by atoms with van der Waals surface area (Å²) in [5.74, 6) is 1.09. The molecule has 0 unspecified atom stereocenters. The Morgan fingerprint density at radius 3 is 2.75 bits per heavy atom. The van der Waals surface area contributed by atoms with Crippen LogP contribution < -0.4 is 4.74 Å². The molecule has 0 aliphatic carbocycles. The number of hydrogen-bond donors (Lipinski definition) is 1. The Labute approximate surface area is 114 Å². The number of halogens is 2. The number of rotatable bonds is 4. The minimum atomic E-state index is -2.48. The minimum absolute atomic E-state index is 0.406. The van der Waals surface area contributed by atoms with Gasteiger partial charge in [-0.1, -0.05) is 24.3 Å². The molecule has 1 N–H and O–H groups in total. The van der Waals surface area contributed by atoms with Crippen molar-refractivity contribution in [2.45, 2.75) is 6.43 Å². The van der Waals surface area contributed by atoms with E-state index in [2.05, 4.69) is 9.97 Å². The van der Waals surface area contributed by atoms with Crippen LogP contribution in [0.5, 0.6) is 5.75 Å². The molecule has 3 rings (SSSR count). The van der Waals surface area contributed by atoms with Crippen molar-refractivity contribution in [2.75, 3.05) is 6.61 Å². The Hall–Kier alpha value is -2.43. The van der Waals surface area contributed by atoms with Gasteiger partial charge in [0.05, 0.1) is 11.0 Å². The van der Waals surface area contributed by atoms with E-state index in [1.54, 1.807) is 18.2 Å². The van der Waals surface area contributed by atoms with Crippen LogP contribution in [-0.2, 0) is 0 Å². The number of hydrogen-bond acceptors (Lipinski definition) is 2. The van der Waals surface area contributed by atoms with E-state index < -0.39 is 13.0 Å². The topological polar surface area (TPSA) is 37.9 Å². The first-order valence-electron chi connectivity index (χ1n) is 6.18. The summed E-state index contributed by atoms with van der Waals surface area (Å²) in [4.78, 5) is 7.65. The van der Waals surface area contributed by atoms with E-state index in [0.717, 1.165) is 16.6 Å². The number of ether oxygens (including phenoxy) is 1. The summed E-state index contributed by atoms with van der Waals surface area (Å²) in [5.41, 5.74) is 2.59. The fourth-order valence-electron chi connectivity index (χ4n) is 1.98. The number of nitrogens with zero attached hydrogens (tertiary/aromatic N) is 1. The van der Waals surface area contributed by atoms with Crippen LogP contribution in [0.25, 0.3) is 22.4 Å². The van der Waals surface area contributed by atoms with Crippen LogP contribution in [0.4, 0.5) is 8.78 Å². The first-order chi connectivity index (χ1) is 9.72. The first kappa shape index (κ1) is 12.6. The molecule has 0 aliphatic heterocycles. The van der Waals surface area contributed by atoms with Crippen molar-refractivity contribution in [1.82, 2.24) is 9.97 Å². The second kappa shape index (κ2) is 5.28. The van der Waals surface area contributed by atoms with Gasteiger partial charge < -0.3 is 9.72 Å². The third kappa shape index (κ3) is 2.61. The molecule has 102 valence electrons. The molecule has 3 aromatic rings. The van der Waals surface area contributed by atoms with Gasteiger partial charge in [0.1, 0.15) is 18.2 Å². The number of nitrogens with one attached hydrogen (secondary N) is 1. The van der Waals surface area contributed by atoms with Gasteiger partial charge in [-0.25, -0.2) is 13.8 Å². The molecule has 0 saturated carbocycles. The zero-order valence-corrected chi connectivity index (χ0v) is 10.5. The van der Waals surface area contributed by atoms with Crippen LogP contribution in [-0.4, -0.2) is 23.0 Å². The SMILES string of the molecule is FC(F)COc1cccc(-c2nc3ccccc3[nH]2)c1. The van der Waals surface area contributed by atoms with Crippen molar-refractivity contribution < 1.29 is 13.5 Å². The van der Waals surface area contributed by atoms with E-state index >= 15 is 0 Å². The maximum absolute atomic E-state index is 12.1. The molecule has 0 bridgehead atoms. The van der Waals surface area contributed by atoms with Gasteiger partial charge in [0.25, 0.3) is 6.43 Å². The summed E-state index contributed by atoms with van der Waals surface area (Å²) >= 11 is 0. The molecule has 0 saturated heterocycles. The molecule has 2 aromatic carbocycles. The average molecular weight is 274 g/mol. The summed E-state index contributed by atoms with van der Waals surface area (Å²) in [6.07, 6.45) is -2.48. The highest BCUT2D eigenvalue weighted by molar-refractivity contribution is 5.79. The van der Waals surface area contributed by atoms with Crippen molar-refractivity contribution in [3.8, 4) is 17.1 Å². The maximum Gasteiger partial charge on any atom is 0.272 e. The molecule has 0 spiro atoms. The molecule has 0 radical (unpaired) electrons. The number of aromatic amines is 1. The number of fused-ring (bicyclic) bond motifs is 1. The summed E-state index contributed by atoms with van der Waals surface area (Å²) in [6, 6.07) is 14.6. The number of benzene rings is 2. The predicted octanol–water partition coefficient (Wildman–Crippen LogP) is 3.87. The van der Waals surface area contributed by atoms with Gasteiger partial charge in [-0.3, -0.25) is 0 Å². The zero-order valence-electron chi connectivity index (χ0n) is 10.5. The monoisotopic (exact) mass is 274 g/mol. The highest BCUT2D eigenvalue weighted by Crippen LogP contribution is 2.24. The zero-order chi connectivity index (χ0) is 13.9. The third-order valence-electron chi connectivity index (χ3n) is 2.87. The van der Waals surface area contributed by atoms with E-state index in [4.69, 9.17) is 4.74 Å². The number of imidazole rings is 1. The van der Waals surface area contributed by atoms with Gasteiger partial charge in [-0.15, -0.1) is 0 Å². The maximum atomic E-state index is 12.1. The lowest BCUT2D eigenvalue weighted by molar-refractivity contribution is 0.0819. The Balaban J connectivity index is 1.91. The number of alkyl halides is 2. The molecule has 0 fully saturated rings. The number of H-pyrrole nitrogens is 1. The third-order valence-corrected chi connectivity index (χ3v) is 2.87. The van der Waals surface area contributed by atoms with Crippen LogP contribution in [0.2, 0.25) is 0 Å². The van der Waals surface area contributed by atoms with Crippen LogP contribution in [0.1, 0.15) is 0 Å². The van der Waals surface area contributed by atoms with Crippen LogP contribution in [0.15, 0.2) is 48.5 Å². The molecule has 1 heterocycles. The first-order valence-corrected chi connectivity index (χ1v) is 6.18. The van der Waals surface area contributed by atoms with E-state index in [1.165, 1.54) is 0 Å². The summed E-state index contributed by atoms with van der Waals surface area (Å²) in [7, 11) is 0. The smallest absolute Gasteiger partial charge is 0.272 e. The van der Waals surface area contributed by atoms with Crippen LogP contribution in [0.3, 0.4) is 0 Å². The molecule has 0 aliphatic rings. The van der Waals surface area contributed by atoms with Gasteiger partial charge in [0.2, 0.25) is 0 Å². The van der Waals surface area contributed by atoms with Crippen molar-refractivity contribution >= 4 is 11.0 Å². The number of para-hydroxylation sites is 2. The van der Waals surface area contributed by atoms with E-state index in [9.17, 15) is 8.78 Å². The molecule has 0 atom stereocenters. The standard InChI is InChI=1S/C15H12F2N2O/c16-14(17)9-20-11-5-3-4-10(8-11)15-18-12-6-1-2-7-13(12)19-15/h1-8,14H,9H2,(H,18,19). The fraction of sp³-hybridized carbons (Fsp3) is 0.133. The molecule has 3 nitrogen and oxygen atoms in total. The van der Waals surface area contributed by atoms with Gasteiger partial charge in [-0.2, -0.15) is 0 Å². The largest absolute Gasteiger partial charge is 0.488 e. The molecule has 1 aromatic heterocycles. The average Bonchev–Trinajstić information content (AvgIpc) is 2.89. The Kier molecular flexibility index (Phi) is 3.33. The molecule has 20 heavy (non-hydrogen) atoms. The lowest BCUT2D eigenvalue weighted by Gasteiger charge is -2.06. The van der Waals surface area contributed by atoms with Crippen molar-refractivity contribution in [1.29, 1.82) is 0 Å². The summed E-state index contributed by atoms with van der Waals surface area (Å²) < 4.78 is 29.3. The van der Waals surface area contributed by atoms with Crippen LogP contribution in [0, 0.1) is 0 Å². The second-order valence-electron chi connectivity index (χ2n) is 4.33. The van der Waals surface area contributed by atoms with Crippen molar-refractivity contribution in [2.24, 2.45) is 0 Å². The summed E-state index contributed by atoms with van der Waals surface area (Å²) in [6.45, 7) is -0.608. The Morgan fingerprint density at radius 2 is 1.95 bits per heavy atom. The van der Waals surface area contributed by atoms with Gasteiger partial charge in [-0.05, 0) is 24.3 Å². The molecule has 0 amide bonds. The summed E-state index contributed by atoms with van der Waals surface area (Å²) in [5, 5.41) is 0. The van der Waals surface area contributed by atoms with Gasteiger partial charge in [0, 0.05) is 5.56 Å². The normalized spacial score (nSPS) is 11.2. The number of aromatic nitrogens is 2. The van der Waals surface area contributed by atoms with E-state index in [-0.39, 0.29) is 0 Å². The minimum Gasteiger partial charge on any atom is -0.488 e. The second-order valence-corrected chi connectivity index (χ2v) is 4.33. The molecule has 5 heteroatoms. The molecular formula is C15H12F2N2O. The fourth-order valence-corrected chi connectivity index (χ4v) is 1.98. The Bertz CT molecular complexity index is 691. The quantitative estimate of drug-likeness (QED) is 0.784. The molecular weight excluding hydrogens is 262 g/mol. The lowest BCUT2D eigenvalue weighted by Crippen LogP contribution is -2.06. The van der Waals surface area contributed by atoms with Gasteiger partial charge >= 0.3 is 0 Å². The van der Waals surface area contributed by atoms with Gasteiger partial charge in [0.15, 0.2) is 0 Å². The van der Waals surface area contributed by atoms with E-state index in [0.29, 0.717) is 11.6 Å². The van der Waals surface area contributed by atoms with Crippen molar-refractivity contribution in [3.05, 3.63) is 48.5 Å². The predicted molar refractivity (Wildman–Crippen MR) is 73.0 cm³/mol. The van der Waals surface area contributed by atoms with E-state index in [1.807, 2.05) is 30.3 Å². The van der Waals surface area contributed by atoms with Crippen LogP contribution >= 0.6 is 0 Å². The lowest BCUT2D eigenvalue weighted by atomic mass is 10.2. The highest BCUT2D eigenvalue weighted by Gasteiger charge is 2.07. The Morgan fingerprint density at radius 1 is 1.10 bits per heavy atom. The highest BCUT2D eigenvalue weighted by atomic mass is 19.3. The van der Waals surface area contributed by atoms with Crippen molar-refractivity contribution in [3.63, 3.8) is 0 Å².